The Hall–Kier alpha value is -2.73. The number of sulfone groups is 1. The molecule has 26 heavy (non-hydrogen) atoms. The summed E-state index contributed by atoms with van der Waals surface area (Å²) in [6.45, 7) is 3.57. The van der Waals surface area contributed by atoms with E-state index in [0.717, 1.165) is 5.69 Å². The van der Waals surface area contributed by atoms with E-state index in [0.29, 0.717) is 16.9 Å². The van der Waals surface area contributed by atoms with Crippen LogP contribution >= 0.6 is 0 Å². The molecule has 1 heterocycles. The molecule has 0 aliphatic rings. The number of ketones is 1. The average molecular weight is 371 g/mol. The molecule has 6 heteroatoms. The fourth-order valence-corrected chi connectivity index (χ4v) is 4.23. The van der Waals surface area contributed by atoms with Crippen molar-refractivity contribution >= 4 is 15.6 Å². The van der Waals surface area contributed by atoms with Crippen LogP contribution in [0.15, 0.2) is 65.6 Å². The molecule has 3 aromatic rings. The zero-order chi connectivity index (χ0) is 18.9. The quantitative estimate of drug-likeness (QED) is 0.640. The van der Waals surface area contributed by atoms with E-state index < -0.39 is 21.4 Å². The predicted molar refractivity (Wildman–Crippen MR) is 98.0 cm³/mol. The van der Waals surface area contributed by atoms with Gasteiger partial charge in [0.1, 0.15) is 11.6 Å². The van der Waals surface area contributed by atoms with E-state index in [1.807, 2.05) is 11.5 Å². The van der Waals surface area contributed by atoms with Gasteiger partial charge in [-0.3, -0.25) is 4.79 Å². The molecule has 0 aliphatic heterocycles. The molecule has 0 saturated carbocycles. The van der Waals surface area contributed by atoms with Crippen LogP contribution in [0.3, 0.4) is 0 Å². The number of hydrogen-bond acceptors (Lipinski definition) is 3. The third-order valence-electron chi connectivity index (χ3n) is 4.24. The maximum absolute atomic E-state index is 13.2. The fraction of sp³-hybridized carbons (Fsp3) is 0.150. The van der Waals surface area contributed by atoms with Gasteiger partial charge in [-0.1, -0.05) is 18.2 Å². The lowest BCUT2D eigenvalue weighted by Gasteiger charge is -2.10. The number of benzene rings is 2. The van der Waals surface area contributed by atoms with Gasteiger partial charge in [-0.25, -0.2) is 12.8 Å². The summed E-state index contributed by atoms with van der Waals surface area (Å²) in [6.07, 6.45) is 0. The Labute approximate surface area is 151 Å². The lowest BCUT2D eigenvalue weighted by atomic mass is 10.2. The van der Waals surface area contributed by atoms with Gasteiger partial charge in [0.2, 0.25) is 0 Å². The summed E-state index contributed by atoms with van der Waals surface area (Å²) < 4.78 is 39.9. The first-order chi connectivity index (χ1) is 12.3. The van der Waals surface area contributed by atoms with Gasteiger partial charge >= 0.3 is 0 Å². The molecular formula is C20H18FNO3S. The summed E-state index contributed by atoms with van der Waals surface area (Å²) in [5, 5.41) is 0. The molecule has 1 aromatic heterocycles. The van der Waals surface area contributed by atoms with Gasteiger partial charge in [0.05, 0.1) is 4.90 Å². The summed E-state index contributed by atoms with van der Waals surface area (Å²) in [5.41, 5.74) is 2.47. The Kier molecular flexibility index (Phi) is 4.78. The second-order valence-corrected chi connectivity index (χ2v) is 8.08. The Bertz CT molecular complexity index is 1050. The van der Waals surface area contributed by atoms with Crippen LogP contribution in [-0.2, 0) is 9.84 Å². The second kappa shape index (κ2) is 6.88. The van der Waals surface area contributed by atoms with Crippen LogP contribution < -0.4 is 0 Å². The molecule has 0 fully saturated rings. The highest BCUT2D eigenvalue weighted by Crippen LogP contribution is 2.23. The minimum atomic E-state index is -3.71. The van der Waals surface area contributed by atoms with E-state index in [1.54, 1.807) is 43.3 Å². The van der Waals surface area contributed by atoms with Crippen molar-refractivity contribution in [1.29, 1.82) is 0 Å². The summed E-state index contributed by atoms with van der Waals surface area (Å²) in [7, 11) is -3.71. The number of aromatic nitrogens is 1. The van der Waals surface area contributed by atoms with Crippen molar-refractivity contribution in [2.45, 2.75) is 18.7 Å². The van der Waals surface area contributed by atoms with Gasteiger partial charge in [0.15, 0.2) is 15.6 Å². The number of nitrogens with zero attached hydrogens (tertiary/aromatic N) is 1. The summed E-state index contributed by atoms with van der Waals surface area (Å²) in [4.78, 5) is 12.8. The van der Waals surface area contributed by atoms with Gasteiger partial charge in [-0.05, 0) is 56.3 Å². The molecule has 0 atom stereocenters. The molecule has 2 aromatic carbocycles. The van der Waals surface area contributed by atoms with Crippen molar-refractivity contribution in [2.24, 2.45) is 0 Å². The highest BCUT2D eigenvalue weighted by Gasteiger charge is 2.23. The van der Waals surface area contributed by atoms with E-state index in [-0.39, 0.29) is 10.7 Å². The average Bonchev–Trinajstić information content (AvgIpc) is 2.91. The number of hydrogen-bond donors (Lipinski definition) is 0. The van der Waals surface area contributed by atoms with Crippen molar-refractivity contribution in [3.8, 4) is 5.69 Å². The number of carbonyl (C=O) groups is 1. The molecule has 0 saturated heterocycles. The minimum Gasteiger partial charge on any atom is -0.318 e. The molecule has 0 spiro atoms. The first-order valence-corrected chi connectivity index (χ1v) is 9.71. The van der Waals surface area contributed by atoms with Gasteiger partial charge in [0, 0.05) is 22.6 Å². The van der Waals surface area contributed by atoms with Crippen molar-refractivity contribution < 1.29 is 17.6 Å². The van der Waals surface area contributed by atoms with Crippen LogP contribution in [-0.4, -0.2) is 24.5 Å². The molecular weight excluding hydrogens is 353 g/mol. The summed E-state index contributed by atoms with van der Waals surface area (Å²) in [5.74, 6) is -1.40. The maximum atomic E-state index is 13.2. The number of halogens is 1. The molecule has 3 rings (SSSR count). The largest absolute Gasteiger partial charge is 0.318 e. The minimum absolute atomic E-state index is 0.126. The molecule has 0 aliphatic carbocycles. The first kappa shape index (κ1) is 18.1. The number of Topliss-reactive ketones (excluding diaryl/α,β-unsaturated/α-hetero) is 1. The Morgan fingerprint density at radius 1 is 1.00 bits per heavy atom. The fourth-order valence-electron chi connectivity index (χ4n) is 2.99. The highest BCUT2D eigenvalue weighted by molar-refractivity contribution is 7.92. The molecule has 0 bridgehead atoms. The standard InChI is InChI=1S/C20H18FNO3S/c1-14-12-19(15(2)22(14)17-10-8-16(21)9-11-17)20(23)13-26(24,25)18-6-4-3-5-7-18/h3-12H,13H2,1-2H3. The predicted octanol–water partition coefficient (Wildman–Crippen LogP) is 3.89. The van der Waals surface area contributed by atoms with Gasteiger partial charge in [0.25, 0.3) is 0 Å². The normalized spacial score (nSPS) is 11.5. The Morgan fingerprint density at radius 2 is 1.62 bits per heavy atom. The van der Waals surface area contributed by atoms with Crippen LogP contribution in [0.25, 0.3) is 5.69 Å². The molecule has 4 nitrogen and oxygen atoms in total. The lowest BCUT2D eigenvalue weighted by molar-refractivity contribution is 0.102. The van der Waals surface area contributed by atoms with E-state index in [9.17, 15) is 17.6 Å². The third kappa shape index (κ3) is 3.46. The Balaban J connectivity index is 1.94. The SMILES string of the molecule is Cc1cc(C(=O)CS(=O)(=O)c2ccccc2)c(C)n1-c1ccc(F)cc1. The number of rotatable bonds is 5. The second-order valence-electron chi connectivity index (χ2n) is 6.09. The Morgan fingerprint density at radius 3 is 2.23 bits per heavy atom. The van der Waals surface area contributed by atoms with Crippen molar-refractivity contribution in [3.63, 3.8) is 0 Å². The van der Waals surface area contributed by atoms with Crippen LogP contribution in [0, 0.1) is 19.7 Å². The van der Waals surface area contributed by atoms with Gasteiger partial charge in [-0.15, -0.1) is 0 Å². The maximum Gasteiger partial charge on any atom is 0.185 e. The zero-order valence-electron chi connectivity index (χ0n) is 14.4. The zero-order valence-corrected chi connectivity index (χ0v) is 15.3. The summed E-state index contributed by atoms with van der Waals surface area (Å²) >= 11 is 0. The van der Waals surface area contributed by atoms with Gasteiger partial charge < -0.3 is 4.57 Å². The van der Waals surface area contributed by atoms with Crippen molar-refractivity contribution in [1.82, 2.24) is 4.57 Å². The first-order valence-electron chi connectivity index (χ1n) is 8.05. The van der Waals surface area contributed by atoms with E-state index in [1.165, 1.54) is 24.3 Å². The molecule has 134 valence electrons. The van der Waals surface area contributed by atoms with Crippen molar-refractivity contribution in [3.05, 3.63) is 83.4 Å². The number of carbonyl (C=O) groups excluding carboxylic acids is 1. The van der Waals surface area contributed by atoms with E-state index in [4.69, 9.17) is 0 Å². The van der Waals surface area contributed by atoms with Crippen LogP contribution in [0.1, 0.15) is 21.7 Å². The third-order valence-corrected chi connectivity index (χ3v) is 5.87. The van der Waals surface area contributed by atoms with Crippen LogP contribution in [0.4, 0.5) is 4.39 Å². The molecule has 0 unspecified atom stereocenters. The monoisotopic (exact) mass is 371 g/mol. The molecule has 0 N–H and O–H groups in total. The summed E-state index contributed by atoms with van der Waals surface area (Å²) in [6, 6.07) is 15.5. The molecule has 0 amide bonds. The lowest BCUT2D eigenvalue weighted by Crippen LogP contribution is -2.17. The highest BCUT2D eigenvalue weighted by atomic mass is 32.2. The van der Waals surface area contributed by atoms with E-state index >= 15 is 0 Å². The van der Waals surface area contributed by atoms with Crippen molar-refractivity contribution in [2.75, 3.05) is 5.75 Å². The molecule has 0 radical (unpaired) electrons. The van der Waals surface area contributed by atoms with E-state index in [2.05, 4.69) is 0 Å². The number of aryl methyl sites for hydroxylation is 1. The smallest absolute Gasteiger partial charge is 0.185 e. The van der Waals surface area contributed by atoms with Gasteiger partial charge in [-0.2, -0.15) is 0 Å². The van der Waals surface area contributed by atoms with Crippen LogP contribution in [0.2, 0.25) is 0 Å². The topological polar surface area (TPSA) is 56.1 Å². The van der Waals surface area contributed by atoms with Crippen LogP contribution in [0.5, 0.6) is 0 Å².